The monoisotopic (exact) mass is 678 g/mol. The van der Waals surface area contributed by atoms with Crippen LogP contribution < -0.4 is 165 Å². The number of carbonyl (C=O) groups is 1. The molecule has 2 heterocycles. The molecule has 0 spiro atoms. The van der Waals surface area contributed by atoms with Crippen LogP contribution in [0.2, 0.25) is 0 Å². The molecule has 2 aromatic carbocycles. The van der Waals surface area contributed by atoms with E-state index in [0.717, 1.165) is 17.1 Å². The molecule has 3 N–H and O–H groups in total. The van der Waals surface area contributed by atoms with Crippen LogP contribution in [0, 0.1) is 6.92 Å². The number of hydrogen-bond donors (Lipinski definition) is 3. The number of nitrogens with one attached hydrogen (secondary N) is 1. The summed E-state index contributed by atoms with van der Waals surface area (Å²) in [5, 5.41) is 8.25. The van der Waals surface area contributed by atoms with Crippen LogP contribution in [0.5, 0.6) is 0 Å². The number of aromatic amines is 1. The number of nitrogens with zero attached hydrogens (tertiary/aromatic N) is 3. The summed E-state index contributed by atoms with van der Waals surface area (Å²) in [5.41, 5.74) is 2.34. The molecule has 0 bridgehead atoms. The first-order valence-electron chi connectivity index (χ1n) is 10.9. The van der Waals surface area contributed by atoms with Gasteiger partial charge in [0.1, 0.15) is 0 Å². The minimum absolute atomic E-state index is 0. The minimum Gasteiger partial charge on any atom is -1.00 e. The van der Waals surface area contributed by atoms with Crippen LogP contribution in [0.15, 0.2) is 85.9 Å². The number of aryl methyl sites for hydroxylation is 1. The van der Waals surface area contributed by atoms with Crippen molar-refractivity contribution in [2.75, 3.05) is 5.01 Å². The molecule has 0 unspecified atom stereocenters. The number of benzene rings is 2. The number of carbonyl (C=O) groups excluding carboxylic acids is 1. The number of amides is 1. The summed E-state index contributed by atoms with van der Waals surface area (Å²) in [6.07, 6.45) is 3.13. The van der Waals surface area contributed by atoms with Crippen molar-refractivity contribution in [1.29, 1.82) is 0 Å². The number of hydrogen-bond acceptors (Lipinski definition) is 7. The minimum atomic E-state index is -4.38. The molecule has 0 atom stereocenters. The number of hydrazone groups is 1. The summed E-state index contributed by atoms with van der Waals surface area (Å²) in [7, 11) is -8.75. The molecule has 0 saturated carbocycles. The maximum Gasteiger partial charge on any atom is 1.00 e. The molecule has 3 aromatic rings. The van der Waals surface area contributed by atoms with Gasteiger partial charge in [0.25, 0.3) is 31.7 Å². The van der Waals surface area contributed by atoms with Crippen LogP contribution in [0.1, 0.15) is 29.4 Å². The summed E-state index contributed by atoms with van der Waals surface area (Å²) in [6.45, 7) is 5.01. The van der Waals surface area contributed by atoms with Crippen LogP contribution in [0.4, 0.5) is 5.69 Å². The summed E-state index contributed by atoms with van der Waals surface area (Å²) in [5.74, 6) is -0.465. The van der Waals surface area contributed by atoms with Crippen molar-refractivity contribution in [2.45, 2.75) is 30.6 Å². The molecule has 204 valence electrons. The standard InChI is InChI=1S/C24H22N4O8S2.3K.3H/c1-14(22-16(3)26-28(24(22)30)18-7-11-20(12-8-18)38(34,35)36)4-13-21-15(2)25-27(23(21)29)17-5-9-19(10-6-17)37(31,32)33;;;;;;/h4-13,26H,1-3H3,(H,31,32,33)(H,34,35,36);;;;;;/q;3*+1;3*-1/b14-4-,21-13-;;;;;;. The van der Waals surface area contributed by atoms with E-state index in [0.29, 0.717) is 33.9 Å². The maximum absolute atomic E-state index is 13.1. The first kappa shape index (κ1) is 39.8. The van der Waals surface area contributed by atoms with Gasteiger partial charge >= 0.3 is 154 Å². The Hall–Kier alpha value is 0.799. The first-order chi connectivity index (χ1) is 17.7. The second-order valence-electron chi connectivity index (χ2n) is 8.42. The van der Waals surface area contributed by atoms with Crippen molar-refractivity contribution in [3.05, 3.63) is 87.9 Å². The molecule has 12 nitrogen and oxygen atoms in total. The van der Waals surface area contributed by atoms with E-state index in [-0.39, 0.29) is 174 Å². The second-order valence-corrected chi connectivity index (χ2v) is 11.3. The maximum atomic E-state index is 13.1. The Morgan fingerprint density at radius 3 is 1.78 bits per heavy atom. The van der Waals surface area contributed by atoms with Crippen LogP contribution in [0.25, 0.3) is 11.3 Å². The summed E-state index contributed by atoms with van der Waals surface area (Å²) in [6, 6.07) is 10.1. The number of aromatic nitrogens is 2. The number of rotatable bonds is 6. The van der Waals surface area contributed by atoms with Gasteiger partial charge < -0.3 is 4.28 Å². The molecule has 4 rings (SSSR count). The van der Waals surface area contributed by atoms with Crippen LogP contribution in [-0.4, -0.2) is 47.3 Å². The van der Waals surface area contributed by atoms with Gasteiger partial charge in [-0.2, -0.15) is 26.9 Å². The van der Waals surface area contributed by atoms with Crippen molar-refractivity contribution in [2.24, 2.45) is 5.10 Å². The third-order valence-electron chi connectivity index (χ3n) is 5.80. The molecule has 1 amide bonds. The molecule has 0 saturated heterocycles. The van der Waals surface area contributed by atoms with Gasteiger partial charge in [-0.3, -0.25) is 23.8 Å². The average molecular weight is 679 g/mol. The zero-order chi connectivity index (χ0) is 28.0. The molecular weight excluding hydrogens is 654 g/mol. The van der Waals surface area contributed by atoms with E-state index in [1.54, 1.807) is 26.8 Å². The fourth-order valence-corrected chi connectivity index (χ4v) is 4.86. The van der Waals surface area contributed by atoms with Gasteiger partial charge in [-0.15, -0.1) is 0 Å². The van der Waals surface area contributed by atoms with Gasteiger partial charge in [0.15, 0.2) is 0 Å². The van der Waals surface area contributed by atoms with E-state index in [4.69, 9.17) is 9.11 Å². The third kappa shape index (κ3) is 9.18. The van der Waals surface area contributed by atoms with E-state index in [2.05, 4.69) is 10.2 Å². The normalized spacial score (nSPS) is 14.7. The van der Waals surface area contributed by atoms with Crippen molar-refractivity contribution >= 4 is 43.1 Å². The molecule has 17 heteroatoms. The Morgan fingerprint density at radius 2 is 1.32 bits per heavy atom. The van der Waals surface area contributed by atoms with E-state index < -0.39 is 31.7 Å². The van der Waals surface area contributed by atoms with Crippen LogP contribution >= 0.6 is 0 Å². The average Bonchev–Trinajstić information content (AvgIpc) is 3.30. The zero-order valence-corrected chi connectivity index (χ0v) is 34.3. The van der Waals surface area contributed by atoms with Crippen LogP contribution in [0.3, 0.4) is 0 Å². The van der Waals surface area contributed by atoms with E-state index >= 15 is 0 Å². The Labute approximate surface area is 368 Å². The number of anilines is 1. The van der Waals surface area contributed by atoms with E-state index in [1.807, 2.05) is 0 Å². The molecular formula is C24H25K3N4O8S2. The molecule has 1 aliphatic rings. The van der Waals surface area contributed by atoms with Gasteiger partial charge in [0.2, 0.25) is 0 Å². The van der Waals surface area contributed by atoms with E-state index in [1.165, 1.54) is 47.2 Å². The predicted octanol–water partition coefficient (Wildman–Crippen LogP) is -5.93. The van der Waals surface area contributed by atoms with Gasteiger partial charge in [-0.05, 0) is 81.0 Å². The predicted molar refractivity (Wildman–Crippen MR) is 143 cm³/mol. The summed E-state index contributed by atoms with van der Waals surface area (Å²) in [4.78, 5) is 25.5. The van der Waals surface area contributed by atoms with Gasteiger partial charge in [0.05, 0.1) is 38.0 Å². The smallest absolute Gasteiger partial charge is 1.00 e. The Kier molecular flexibility index (Phi) is 15.4. The molecule has 1 aromatic heterocycles. The Morgan fingerprint density at radius 1 is 0.854 bits per heavy atom. The van der Waals surface area contributed by atoms with Gasteiger partial charge in [-0.25, -0.2) is 4.68 Å². The quantitative estimate of drug-likeness (QED) is 0.131. The molecule has 0 aliphatic carbocycles. The Bertz CT molecular complexity index is 1840. The van der Waals surface area contributed by atoms with Crippen molar-refractivity contribution in [1.82, 2.24) is 9.78 Å². The number of H-pyrrole nitrogens is 1. The van der Waals surface area contributed by atoms with Crippen molar-refractivity contribution < 1.29 is 189 Å². The summed E-state index contributed by atoms with van der Waals surface area (Å²) < 4.78 is 64.6. The Balaban J connectivity index is -0.00000280. The largest absolute Gasteiger partial charge is 1.00 e. The van der Waals surface area contributed by atoms with Gasteiger partial charge in [0, 0.05) is 5.69 Å². The fourth-order valence-electron chi connectivity index (χ4n) is 3.90. The van der Waals surface area contributed by atoms with Crippen molar-refractivity contribution in [3.63, 3.8) is 0 Å². The number of allylic oxidation sites excluding steroid dienone is 3. The molecule has 41 heavy (non-hydrogen) atoms. The first-order valence-corrected chi connectivity index (χ1v) is 13.8. The SMILES string of the molecule is CC1=NN(c2ccc(S(=O)(=O)O)cc2)C(=O)/C1=C\C=C(\C)c1c(C)[nH]n(-c2ccc(S(=O)(=O)O)cc2)c1=O.[H-].[H-].[H-].[K+].[K+].[K+]. The molecule has 1 aliphatic heterocycles. The van der Waals surface area contributed by atoms with Gasteiger partial charge in [-0.1, -0.05) is 6.08 Å². The summed E-state index contributed by atoms with van der Waals surface area (Å²) >= 11 is 0. The third-order valence-corrected chi connectivity index (χ3v) is 7.54. The molecule has 0 radical (unpaired) electrons. The van der Waals surface area contributed by atoms with Crippen LogP contribution in [-0.2, 0) is 25.0 Å². The zero-order valence-electron chi connectivity index (χ0n) is 26.3. The van der Waals surface area contributed by atoms with E-state index in [9.17, 15) is 26.4 Å². The fraction of sp³-hybridized carbons (Fsp3) is 0.125. The van der Waals surface area contributed by atoms with Crippen molar-refractivity contribution in [3.8, 4) is 5.69 Å². The molecule has 0 fully saturated rings. The topological polar surface area (TPSA) is 179 Å². The second kappa shape index (κ2) is 15.9.